The summed E-state index contributed by atoms with van der Waals surface area (Å²) in [5.74, 6) is 0.349. The third-order valence-electron chi connectivity index (χ3n) is 3.46. The van der Waals surface area contributed by atoms with E-state index >= 15 is 0 Å². The number of nitrogens with one attached hydrogen (secondary N) is 1. The van der Waals surface area contributed by atoms with Gasteiger partial charge in [-0.05, 0) is 13.8 Å². The molecular formula is C13H22N4O2. The zero-order valence-corrected chi connectivity index (χ0v) is 11.8. The number of H-pyrrole nitrogens is 1. The minimum absolute atomic E-state index is 0.0618. The van der Waals surface area contributed by atoms with Gasteiger partial charge in [0.1, 0.15) is 0 Å². The molecule has 2 rings (SSSR count). The molecule has 2 heterocycles. The Labute approximate surface area is 113 Å². The molecule has 1 saturated heterocycles. The maximum atomic E-state index is 12.2. The highest BCUT2D eigenvalue weighted by atomic mass is 16.5. The first-order chi connectivity index (χ1) is 9.08. The van der Waals surface area contributed by atoms with Crippen LogP contribution in [0.2, 0.25) is 0 Å². The van der Waals surface area contributed by atoms with Crippen molar-refractivity contribution in [3.8, 4) is 0 Å². The number of hydrogen-bond donors (Lipinski definition) is 1. The van der Waals surface area contributed by atoms with E-state index in [0.717, 1.165) is 32.0 Å². The summed E-state index contributed by atoms with van der Waals surface area (Å²) in [4.78, 5) is 23.3. The third-order valence-corrected chi connectivity index (χ3v) is 3.46. The number of nitrogens with zero attached hydrogens (tertiary/aromatic N) is 3. The van der Waals surface area contributed by atoms with Crippen LogP contribution >= 0.6 is 0 Å². The zero-order chi connectivity index (χ0) is 13.8. The highest BCUT2D eigenvalue weighted by Crippen LogP contribution is 2.07. The number of hydrogen-bond acceptors (Lipinski definition) is 4. The van der Waals surface area contributed by atoms with Crippen LogP contribution in [0.15, 0.2) is 6.20 Å². The molecule has 0 radical (unpaired) electrons. The standard InChI is InChI=1S/C13H22N4O2/c1-10-8-14-12(15-10)13(18)16(3)9-11(2)17-4-6-19-7-5-17/h8,11H,4-7,9H2,1-3H3,(H,14,15)/t11-/m0/s1. The normalized spacial score (nSPS) is 18.3. The Morgan fingerprint density at radius 2 is 2.26 bits per heavy atom. The summed E-state index contributed by atoms with van der Waals surface area (Å²) >= 11 is 0. The number of morpholine rings is 1. The summed E-state index contributed by atoms with van der Waals surface area (Å²) in [5.41, 5.74) is 0.901. The van der Waals surface area contributed by atoms with Crippen LogP contribution < -0.4 is 0 Å². The van der Waals surface area contributed by atoms with Gasteiger partial charge in [-0.1, -0.05) is 0 Å². The van der Waals surface area contributed by atoms with Crippen LogP contribution in [0.1, 0.15) is 23.2 Å². The van der Waals surface area contributed by atoms with Crippen LogP contribution in [0.5, 0.6) is 0 Å². The molecule has 0 bridgehead atoms. The van der Waals surface area contributed by atoms with E-state index in [1.807, 2.05) is 14.0 Å². The molecular weight excluding hydrogens is 244 g/mol. The van der Waals surface area contributed by atoms with E-state index in [2.05, 4.69) is 21.8 Å². The van der Waals surface area contributed by atoms with Crippen molar-refractivity contribution in [2.24, 2.45) is 0 Å². The van der Waals surface area contributed by atoms with Crippen molar-refractivity contribution in [2.75, 3.05) is 39.9 Å². The molecule has 1 aliphatic heterocycles. The molecule has 0 aliphatic carbocycles. The molecule has 0 unspecified atom stereocenters. The van der Waals surface area contributed by atoms with Crippen molar-refractivity contribution in [3.05, 3.63) is 17.7 Å². The van der Waals surface area contributed by atoms with E-state index in [1.165, 1.54) is 0 Å². The molecule has 1 aromatic heterocycles. The Morgan fingerprint density at radius 1 is 1.58 bits per heavy atom. The average molecular weight is 266 g/mol. The van der Waals surface area contributed by atoms with Crippen molar-refractivity contribution in [3.63, 3.8) is 0 Å². The second-order valence-electron chi connectivity index (χ2n) is 5.10. The molecule has 0 aromatic carbocycles. The zero-order valence-electron chi connectivity index (χ0n) is 11.8. The number of carbonyl (C=O) groups is 1. The fourth-order valence-electron chi connectivity index (χ4n) is 2.32. The highest BCUT2D eigenvalue weighted by Gasteiger charge is 2.21. The van der Waals surface area contributed by atoms with Crippen LogP contribution in [-0.4, -0.2) is 71.6 Å². The summed E-state index contributed by atoms with van der Waals surface area (Å²) in [6, 6.07) is 0.328. The van der Waals surface area contributed by atoms with Gasteiger partial charge in [0.25, 0.3) is 5.91 Å². The van der Waals surface area contributed by atoms with Crippen LogP contribution in [-0.2, 0) is 4.74 Å². The Hall–Kier alpha value is -1.40. The van der Waals surface area contributed by atoms with Crippen molar-refractivity contribution < 1.29 is 9.53 Å². The Balaban J connectivity index is 1.89. The Bertz CT molecular complexity index is 426. The quantitative estimate of drug-likeness (QED) is 0.862. The fraction of sp³-hybridized carbons (Fsp3) is 0.692. The smallest absolute Gasteiger partial charge is 0.289 e. The monoisotopic (exact) mass is 266 g/mol. The van der Waals surface area contributed by atoms with Crippen LogP contribution in [0.4, 0.5) is 0 Å². The number of ether oxygens (including phenoxy) is 1. The first-order valence-corrected chi connectivity index (χ1v) is 6.67. The van der Waals surface area contributed by atoms with Gasteiger partial charge in [-0.2, -0.15) is 0 Å². The number of likely N-dealkylation sites (N-methyl/N-ethyl adjacent to an activating group) is 1. The molecule has 1 aromatic rings. The summed E-state index contributed by atoms with van der Waals surface area (Å²) in [7, 11) is 1.82. The van der Waals surface area contributed by atoms with Gasteiger partial charge in [0.15, 0.2) is 5.82 Å². The largest absolute Gasteiger partial charge is 0.379 e. The maximum Gasteiger partial charge on any atom is 0.289 e. The van der Waals surface area contributed by atoms with Gasteiger partial charge in [0.05, 0.1) is 13.2 Å². The highest BCUT2D eigenvalue weighted by molar-refractivity contribution is 5.90. The minimum atomic E-state index is -0.0618. The van der Waals surface area contributed by atoms with E-state index < -0.39 is 0 Å². The molecule has 1 N–H and O–H groups in total. The lowest BCUT2D eigenvalue weighted by atomic mass is 10.2. The molecule has 6 heteroatoms. The molecule has 0 saturated carbocycles. The number of aromatic amines is 1. The van der Waals surface area contributed by atoms with Crippen LogP contribution in [0.25, 0.3) is 0 Å². The SMILES string of the molecule is Cc1cnc(C(=O)N(C)C[C@H](C)N2CCOCC2)[nH]1. The predicted octanol–water partition coefficient (Wildman–Crippen LogP) is 0.511. The average Bonchev–Trinajstić information content (AvgIpc) is 2.85. The Kier molecular flexibility index (Phi) is 4.55. The number of amides is 1. The number of carbonyl (C=O) groups excluding carboxylic acids is 1. The van der Waals surface area contributed by atoms with Gasteiger partial charge in [-0.15, -0.1) is 0 Å². The molecule has 106 valence electrons. The molecule has 1 fully saturated rings. The summed E-state index contributed by atoms with van der Waals surface area (Å²) < 4.78 is 5.34. The lowest BCUT2D eigenvalue weighted by molar-refractivity contribution is 0.0141. The first-order valence-electron chi connectivity index (χ1n) is 6.67. The van der Waals surface area contributed by atoms with Crippen LogP contribution in [0, 0.1) is 6.92 Å². The van der Waals surface area contributed by atoms with Gasteiger partial charge in [0.2, 0.25) is 0 Å². The number of rotatable bonds is 4. The first kappa shape index (κ1) is 14.0. The molecule has 1 atom stereocenters. The van der Waals surface area contributed by atoms with E-state index in [-0.39, 0.29) is 5.91 Å². The third kappa shape index (κ3) is 3.54. The van der Waals surface area contributed by atoms with E-state index in [1.54, 1.807) is 11.1 Å². The molecule has 0 spiro atoms. The van der Waals surface area contributed by atoms with Crippen molar-refractivity contribution in [1.82, 2.24) is 19.8 Å². The summed E-state index contributed by atoms with van der Waals surface area (Å²) in [5, 5.41) is 0. The van der Waals surface area contributed by atoms with E-state index in [0.29, 0.717) is 18.4 Å². The lowest BCUT2D eigenvalue weighted by Crippen LogP contribution is -2.47. The van der Waals surface area contributed by atoms with Crippen molar-refractivity contribution >= 4 is 5.91 Å². The van der Waals surface area contributed by atoms with E-state index in [4.69, 9.17) is 4.74 Å². The Morgan fingerprint density at radius 3 is 2.84 bits per heavy atom. The topological polar surface area (TPSA) is 61.5 Å². The summed E-state index contributed by atoms with van der Waals surface area (Å²) in [6.45, 7) is 8.14. The van der Waals surface area contributed by atoms with Crippen LogP contribution in [0.3, 0.4) is 0 Å². The molecule has 6 nitrogen and oxygen atoms in total. The molecule has 1 aliphatic rings. The van der Waals surface area contributed by atoms with Gasteiger partial charge in [0, 0.05) is 44.6 Å². The maximum absolute atomic E-state index is 12.2. The van der Waals surface area contributed by atoms with Gasteiger partial charge < -0.3 is 14.6 Å². The number of aromatic nitrogens is 2. The minimum Gasteiger partial charge on any atom is -0.379 e. The summed E-state index contributed by atoms with van der Waals surface area (Å²) in [6.07, 6.45) is 1.67. The molecule has 1 amide bonds. The van der Waals surface area contributed by atoms with Crippen molar-refractivity contribution in [1.29, 1.82) is 0 Å². The number of aryl methyl sites for hydroxylation is 1. The van der Waals surface area contributed by atoms with E-state index in [9.17, 15) is 4.79 Å². The fourth-order valence-corrected chi connectivity index (χ4v) is 2.32. The molecule has 19 heavy (non-hydrogen) atoms. The second kappa shape index (κ2) is 6.16. The van der Waals surface area contributed by atoms with Gasteiger partial charge in [-0.3, -0.25) is 9.69 Å². The van der Waals surface area contributed by atoms with Gasteiger partial charge in [-0.25, -0.2) is 4.98 Å². The second-order valence-corrected chi connectivity index (χ2v) is 5.10. The lowest BCUT2D eigenvalue weighted by Gasteiger charge is -2.34. The van der Waals surface area contributed by atoms with Crippen molar-refractivity contribution in [2.45, 2.75) is 19.9 Å². The predicted molar refractivity (Wildman–Crippen MR) is 72.1 cm³/mol. The van der Waals surface area contributed by atoms with Gasteiger partial charge >= 0.3 is 0 Å². The number of imidazole rings is 1.